The van der Waals surface area contributed by atoms with Gasteiger partial charge in [-0.15, -0.1) is 0 Å². The van der Waals surface area contributed by atoms with Crippen molar-refractivity contribution in [3.8, 4) is 5.75 Å². The highest BCUT2D eigenvalue weighted by atomic mass is 16.5. The van der Waals surface area contributed by atoms with Gasteiger partial charge in [0.15, 0.2) is 0 Å². The first-order valence-electron chi connectivity index (χ1n) is 6.27. The van der Waals surface area contributed by atoms with E-state index in [1.54, 1.807) is 0 Å². The van der Waals surface area contributed by atoms with Gasteiger partial charge in [0.05, 0.1) is 0 Å². The van der Waals surface area contributed by atoms with E-state index in [2.05, 4.69) is 30.4 Å². The van der Waals surface area contributed by atoms with Gasteiger partial charge in [-0.3, -0.25) is 0 Å². The number of nitrogens with one attached hydrogen (secondary N) is 1. The minimum absolute atomic E-state index is 0.129. The summed E-state index contributed by atoms with van der Waals surface area (Å²) in [5.41, 5.74) is 2.81. The molecule has 2 aliphatic rings. The maximum atomic E-state index is 6.35. The van der Waals surface area contributed by atoms with Gasteiger partial charge in [0, 0.05) is 0 Å². The number of ether oxygens (including phenoxy) is 1. The molecule has 0 aliphatic carbocycles. The smallest absolute Gasteiger partial charge is 0.126 e. The zero-order chi connectivity index (χ0) is 11.0. The van der Waals surface area contributed by atoms with E-state index in [1.165, 1.54) is 24.0 Å². The Morgan fingerprint density at radius 2 is 2.00 bits per heavy atom. The van der Waals surface area contributed by atoms with Crippen molar-refractivity contribution in [1.82, 2.24) is 5.32 Å². The SMILES string of the molecule is Cc1cccc2c1OC1(CCNCC1)CC2. The van der Waals surface area contributed by atoms with E-state index in [4.69, 9.17) is 4.74 Å². The molecule has 0 radical (unpaired) electrons. The zero-order valence-corrected chi connectivity index (χ0v) is 9.88. The molecule has 86 valence electrons. The number of hydrogen-bond acceptors (Lipinski definition) is 2. The van der Waals surface area contributed by atoms with E-state index >= 15 is 0 Å². The summed E-state index contributed by atoms with van der Waals surface area (Å²) in [5.74, 6) is 1.16. The number of hydrogen-bond donors (Lipinski definition) is 1. The van der Waals surface area contributed by atoms with Crippen LogP contribution in [0.3, 0.4) is 0 Å². The molecule has 1 fully saturated rings. The Morgan fingerprint density at radius 1 is 1.19 bits per heavy atom. The van der Waals surface area contributed by atoms with Gasteiger partial charge in [0.25, 0.3) is 0 Å². The van der Waals surface area contributed by atoms with Crippen LogP contribution in [-0.4, -0.2) is 18.7 Å². The molecule has 2 heteroatoms. The molecule has 16 heavy (non-hydrogen) atoms. The van der Waals surface area contributed by atoms with Crippen LogP contribution in [0.4, 0.5) is 0 Å². The summed E-state index contributed by atoms with van der Waals surface area (Å²) in [7, 11) is 0. The molecule has 1 N–H and O–H groups in total. The standard InChI is InChI=1S/C14H19NO/c1-11-3-2-4-12-5-6-14(16-13(11)12)7-9-15-10-8-14/h2-4,15H,5-10H2,1H3. The molecule has 2 heterocycles. The van der Waals surface area contributed by atoms with Gasteiger partial charge >= 0.3 is 0 Å². The Labute approximate surface area is 97.0 Å². The second-order valence-electron chi connectivity index (χ2n) is 5.10. The molecule has 0 bridgehead atoms. The molecule has 1 aromatic rings. The Hall–Kier alpha value is -1.02. The number of para-hydroxylation sites is 1. The molecule has 1 saturated heterocycles. The fourth-order valence-electron chi connectivity index (χ4n) is 2.92. The van der Waals surface area contributed by atoms with Gasteiger partial charge in [-0.2, -0.15) is 0 Å². The Balaban J connectivity index is 1.92. The summed E-state index contributed by atoms with van der Waals surface area (Å²) in [6.07, 6.45) is 4.67. The molecule has 2 nitrogen and oxygen atoms in total. The predicted molar refractivity (Wildman–Crippen MR) is 65.0 cm³/mol. The number of piperidine rings is 1. The summed E-state index contributed by atoms with van der Waals surface area (Å²) in [4.78, 5) is 0. The van der Waals surface area contributed by atoms with E-state index in [-0.39, 0.29) is 5.60 Å². The van der Waals surface area contributed by atoms with E-state index in [1.807, 2.05) is 0 Å². The van der Waals surface area contributed by atoms with Crippen LogP contribution in [0.25, 0.3) is 0 Å². The van der Waals surface area contributed by atoms with Crippen LogP contribution in [0, 0.1) is 6.92 Å². The lowest BCUT2D eigenvalue weighted by atomic mass is 9.83. The summed E-state index contributed by atoms with van der Waals surface area (Å²) in [6, 6.07) is 6.49. The summed E-state index contributed by atoms with van der Waals surface area (Å²) in [5, 5.41) is 3.41. The van der Waals surface area contributed by atoms with Crippen molar-refractivity contribution < 1.29 is 4.74 Å². The molecule has 0 saturated carbocycles. The number of fused-ring (bicyclic) bond motifs is 1. The normalized spacial score (nSPS) is 22.6. The third kappa shape index (κ3) is 1.61. The molecule has 0 atom stereocenters. The van der Waals surface area contributed by atoms with Crippen LogP contribution < -0.4 is 10.1 Å². The first kappa shape index (κ1) is 10.2. The Morgan fingerprint density at radius 3 is 2.81 bits per heavy atom. The lowest BCUT2D eigenvalue weighted by Crippen LogP contribution is -2.48. The molecule has 1 aromatic carbocycles. The highest BCUT2D eigenvalue weighted by molar-refractivity contribution is 5.43. The van der Waals surface area contributed by atoms with Crippen LogP contribution in [-0.2, 0) is 6.42 Å². The fourth-order valence-corrected chi connectivity index (χ4v) is 2.92. The Kier molecular flexibility index (Phi) is 2.40. The monoisotopic (exact) mass is 217 g/mol. The van der Waals surface area contributed by atoms with E-state index in [0.29, 0.717) is 0 Å². The third-order valence-corrected chi connectivity index (χ3v) is 3.98. The predicted octanol–water partition coefficient (Wildman–Crippen LogP) is 2.44. The molecule has 1 spiro atoms. The van der Waals surface area contributed by atoms with E-state index in [9.17, 15) is 0 Å². The number of benzene rings is 1. The highest BCUT2D eigenvalue weighted by Gasteiger charge is 2.37. The average molecular weight is 217 g/mol. The van der Waals surface area contributed by atoms with Crippen molar-refractivity contribution in [2.45, 2.75) is 38.2 Å². The minimum Gasteiger partial charge on any atom is -0.487 e. The van der Waals surface area contributed by atoms with E-state index < -0.39 is 0 Å². The lowest BCUT2D eigenvalue weighted by Gasteiger charge is -2.42. The molecular formula is C14H19NO. The van der Waals surface area contributed by atoms with Gasteiger partial charge in [-0.25, -0.2) is 0 Å². The van der Waals surface area contributed by atoms with Gasteiger partial charge < -0.3 is 10.1 Å². The molecule has 0 unspecified atom stereocenters. The van der Waals surface area contributed by atoms with Gasteiger partial charge in [0.2, 0.25) is 0 Å². The van der Waals surface area contributed by atoms with Gasteiger partial charge in [-0.05, 0) is 56.8 Å². The first-order valence-corrected chi connectivity index (χ1v) is 6.27. The minimum atomic E-state index is 0.129. The summed E-state index contributed by atoms with van der Waals surface area (Å²) in [6.45, 7) is 4.35. The van der Waals surface area contributed by atoms with Crippen molar-refractivity contribution in [3.63, 3.8) is 0 Å². The highest BCUT2D eigenvalue weighted by Crippen LogP contribution is 2.39. The van der Waals surface area contributed by atoms with Crippen LogP contribution in [0.1, 0.15) is 30.4 Å². The van der Waals surface area contributed by atoms with Crippen molar-refractivity contribution in [1.29, 1.82) is 0 Å². The van der Waals surface area contributed by atoms with Crippen LogP contribution in [0.2, 0.25) is 0 Å². The van der Waals surface area contributed by atoms with E-state index in [0.717, 1.165) is 31.7 Å². The van der Waals surface area contributed by atoms with Crippen molar-refractivity contribution >= 4 is 0 Å². The number of rotatable bonds is 0. The fraction of sp³-hybridized carbons (Fsp3) is 0.571. The molecular weight excluding hydrogens is 198 g/mol. The summed E-state index contributed by atoms with van der Waals surface area (Å²) < 4.78 is 6.35. The molecule has 3 rings (SSSR count). The third-order valence-electron chi connectivity index (χ3n) is 3.98. The quantitative estimate of drug-likeness (QED) is 0.720. The van der Waals surface area contributed by atoms with Crippen molar-refractivity contribution in [3.05, 3.63) is 29.3 Å². The number of aryl methyl sites for hydroxylation is 2. The van der Waals surface area contributed by atoms with Crippen LogP contribution in [0.5, 0.6) is 5.75 Å². The van der Waals surface area contributed by atoms with Gasteiger partial charge in [0.1, 0.15) is 11.4 Å². The second-order valence-corrected chi connectivity index (χ2v) is 5.10. The second kappa shape index (κ2) is 3.77. The summed E-state index contributed by atoms with van der Waals surface area (Å²) >= 11 is 0. The van der Waals surface area contributed by atoms with Crippen LogP contribution >= 0.6 is 0 Å². The van der Waals surface area contributed by atoms with Crippen LogP contribution in [0.15, 0.2) is 18.2 Å². The molecule has 2 aliphatic heterocycles. The largest absolute Gasteiger partial charge is 0.487 e. The maximum Gasteiger partial charge on any atom is 0.126 e. The first-order chi connectivity index (χ1) is 7.79. The molecule has 0 aromatic heterocycles. The zero-order valence-electron chi connectivity index (χ0n) is 9.88. The average Bonchev–Trinajstić information content (AvgIpc) is 2.32. The lowest BCUT2D eigenvalue weighted by molar-refractivity contribution is 0.0163. The Bertz CT molecular complexity index is 394. The van der Waals surface area contributed by atoms with Crippen molar-refractivity contribution in [2.24, 2.45) is 0 Å². The van der Waals surface area contributed by atoms with Gasteiger partial charge in [-0.1, -0.05) is 18.2 Å². The molecule has 0 amide bonds. The van der Waals surface area contributed by atoms with Crippen molar-refractivity contribution in [2.75, 3.05) is 13.1 Å². The maximum absolute atomic E-state index is 6.35. The topological polar surface area (TPSA) is 21.3 Å².